The normalized spacial score (nSPS) is 20.2. The minimum atomic E-state index is -3.66. The lowest BCUT2D eigenvalue weighted by atomic mass is 10.1. The first-order valence-electron chi connectivity index (χ1n) is 7.04. The maximum absolute atomic E-state index is 12.9. The third-order valence-electron chi connectivity index (χ3n) is 3.89. The van der Waals surface area contributed by atoms with Crippen LogP contribution in [0, 0.1) is 13.8 Å². The Morgan fingerprint density at radius 3 is 2.38 bits per heavy atom. The van der Waals surface area contributed by atoms with Crippen molar-refractivity contribution in [3.63, 3.8) is 0 Å². The van der Waals surface area contributed by atoms with Crippen molar-refractivity contribution in [2.75, 3.05) is 13.7 Å². The quantitative estimate of drug-likeness (QED) is 0.798. The number of ether oxygens (including phenoxy) is 1. The van der Waals surface area contributed by atoms with Gasteiger partial charge in [-0.3, -0.25) is 0 Å². The van der Waals surface area contributed by atoms with E-state index in [9.17, 15) is 13.2 Å². The molecule has 1 aliphatic heterocycles. The summed E-state index contributed by atoms with van der Waals surface area (Å²) in [6, 6.07) is 2.86. The molecule has 2 rings (SSSR count). The number of aldehydes is 1. The zero-order valence-electron chi connectivity index (χ0n) is 12.6. The summed E-state index contributed by atoms with van der Waals surface area (Å²) in [5, 5.41) is 0. The molecule has 1 aromatic rings. The third kappa shape index (κ3) is 2.96. The molecule has 0 amide bonds. The first-order chi connectivity index (χ1) is 9.91. The molecule has 1 atom stereocenters. The van der Waals surface area contributed by atoms with Gasteiger partial charge in [0, 0.05) is 6.54 Å². The monoisotopic (exact) mass is 311 g/mol. The van der Waals surface area contributed by atoms with Gasteiger partial charge in [0.05, 0.1) is 18.0 Å². The van der Waals surface area contributed by atoms with Crippen molar-refractivity contribution in [2.45, 2.75) is 44.0 Å². The van der Waals surface area contributed by atoms with E-state index in [2.05, 4.69) is 0 Å². The lowest BCUT2D eigenvalue weighted by Gasteiger charge is -2.32. The van der Waals surface area contributed by atoms with Crippen LogP contribution < -0.4 is 4.74 Å². The number of benzene rings is 1. The highest BCUT2D eigenvalue weighted by Gasteiger charge is 2.35. The molecule has 21 heavy (non-hydrogen) atoms. The Bertz CT molecular complexity index is 616. The lowest BCUT2D eigenvalue weighted by molar-refractivity contribution is -0.111. The Balaban J connectivity index is 2.51. The fourth-order valence-electron chi connectivity index (χ4n) is 2.92. The van der Waals surface area contributed by atoms with Crippen molar-refractivity contribution in [1.29, 1.82) is 0 Å². The van der Waals surface area contributed by atoms with E-state index in [0.29, 0.717) is 29.8 Å². The number of piperidine rings is 1. The summed E-state index contributed by atoms with van der Waals surface area (Å²) >= 11 is 0. The molecule has 0 N–H and O–H groups in total. The molecule has 5 nitrogen and oxygen atoms in total. The van der Waals surface area contributed by atoms with Crippen LogP contribution in [0.25, 0.3) is 0 Å². The predicted octanol–water partition coefficient (Wildman–Crippen LogP) is 2.05. The van der Waals surface area contributed by atoms with Gasteiger partial charge in [-0.15, -0.1) is 0 Å². The van der Waals surface area contributed by atoms with Gasteiger partial charge in [-0.2, -0.15) is 4.31 Å². The first kappa shape index (κ1) is 16.0. The molecular formula is C15H21NO4S. The largest absolute Gasteiger partial charge is 0.497 e. The van der Waals surface area contributed by atoms with Crippen LogP contribution in [0.15, 0.2) is 17.0 Å². The molecule has 6 heteroatoms. The number of methoxy groups -OCH3 is 1. The van der Waals surface area contributed by atoms with Gasteiger partial charge in [-0.25, -0.2) is 8.42 Å². The number of hydrogen-bond acceptors (Lipinski definition) is 4. The molecule has 116 valence electrons. The Kier molecular flexibility index (Phi) is 4.68. The Labute approximate surface area is 126 Å². The minimum Gasteiger partial charge on any atom is -0.497 e. The second kappa shape index (κ2) is 6.15. The van der Waals surface area contributed by atoms with Crippen molar-refractivity contribution in [1.82, 2.24) is 4.31 Å². The smallest absolute Gasteiger partial charge is 0.244 e. The Hall–Kier alpha value is -1.40. The zero-order chi connectivity index (χ0) is 15.6. The van der Waals surface area contributed by atoms with E-state index < -0.39 is 16.1 Å². The number of aryl methyl sites for hydroxylation is 2. The summed E-state index contributed by atoms with van der Waals surface area (Å²) in [6.07, 6.45) is 3.01. The van der Waals surface area contributed by atoms with Crippen LogP contribution in [-0.4, -0.2) is 38.7 Å². The maximum Gasteiger partial charge on any atom is 0.244 e. The molecule has 1 fully saturated rings. The highest BCUT2D eigenvalue weighted by atomic mass is 32.2. The summed E-state index contributed by atoms with van der Waals surface area (Å²) in [7, 11) is -2.11. The van der Waals surface area contributed by atoms with Gasteiger partial charge in [0.2, 0.25) is 10.0 Å². The molecule has 0 bridgehead atoms. The molecule has 0 saturated carbocycles. The fraction of sp³-hybridized carbons (Fsp3) is 0.533. The second-order valence-electron chi connectivity index (χ2n) is 5.41. The average molecular weight is 311 g/mol. The highest BCUT2D eigenvalue weighted by Crippen LogP contribution is 2.31. The molecule has 1 aromatic carbocycles. The van der Waals surface area contributed by atoms with Gasteiger partial charge < -0.3 is 9.53 Å². The van der Waals surface area contributed by atoms with E-state index in [4.69, 9.17) is 4.74 Å². The van der Waals surface area contributed by atoms with E-state index >= 15 is 0 Å². The average Bonchev–Trinajstić information content (AvgIpc) is 2.46. The van der Waals surface area contributed by atoms with Crippen molar-refractivity contribution in [3.8, 4) is 5.75 Å². The van der Waals surface area contributed by atoms with E-state index in [1.807, 2.05) is 0 Å². The summed E-state index contributed by atoms with van der Waals surface area (Å²) in [4.78, 5) is 11.5. The summed E-state index contributed by atoms with van der Waals surface area (Å²) in [5.74, 6) is 0.634. The van der Waals surface area contributed by atoms with E-state index in [0.717, 1.165) is 19.1 Å². The van der Waals surface area contributed by atoms with Gasteiger partial charge in [-0.05, 0) is 49.9 Å². The van der Waals surface area contributed by atoms with Crippen molar-refractivity contribution < 1.29 is 17.9 Å². The van der Waals surface area contributed by atoms with Crippen LogP contribution in [0.2, 0.25) is 0 Å². The van der Waals surface area contributed by atoms with Crippen molar-refractivity contribution >= 4 is 16.3 Å². The summed E-state index contributed by atoms with van der Waals surface area (Å²) < 4.78 is 32.4. The highest BCUT2D eigenvalue weighted by molar-refractivity contribution is 7.89. The van der Waals surface area contributed by atoms with Gasteiger partial charge in [0.25, 0.3) is 0 Å². The van der Waals surface area contributed by atoms with Crippen LogP contribution in [0.4, 0.5) is 0 Å². The van der Waals surface area contributed by atoms with Crippen molar-refractivity contribution in [2.24, 2.45) is 0 Å². The molecule has 1 saturated heterocycles. The third-order valence-corrected chi connectivity index (χ3v) is 6.12. The summed E-state index contributed by atoms with van der Waals surface area (Å²) in [5.41, 5.74) is 1.28. The molecule has 0 aliphatic carbocycles. The van der Waals surface area contributed by atoms with Gasteiger partial charge in [-0.1, -0.05) is 6.42 Å². The molecule has 1 aliphatic rings. The van der Waals surface area contributed by atoms with E-state index in [-0.39, 0.29) is 4.90 Å². The van der Waals surface area contributed by atoms with Crippen LogP contribution >= 0.6 is 0 Å². The molecule has 1 unspecified atom stereocenters. The fourth-order valence-corrected chi connectivity index (χ4v) is 4.96. The number of carbonyl (C=O) groups excluding carboxylic acids is 1. The Morgan fingerprint density at radius 2 is 1.86 bits per heavy atom. The van der Waals surface area contributed by atoms with E-state index in [1.54, 1.807) is 33.1 Å². The van der Waals surface area contributed by atoms with Gasteiger partial charge in [0.1, 0.15) is 12.0 Å². The molecule has 1 heterocycles. The van der Waals surface area contributed by atoms with Crippen LogP contribution in [0.5, 0.6) is 5.75 Å². The van der Waals surface area contributed by atoms with Gasteiger partial charge >= 0.3 is 0 Å². The molecular weight excluding hydrogens is 290 g/mol. The van der Waals surface area contributed by atoms with Crippen LogP contribution in [0.1, 0.15) is 30.4 Å². The molecule has 0 spiro atoms. The second-order valence-corrected chi connectivity index (χ2v) is 7.23. The SMILES string of the molecule is COc1cc(C)c(S(=O)(=O)N2CCCCC2C=O)c(C)c1. The van der Waals surface area contributed by atoms with Crippen LogP contribution in [-0.2, 0) is 14.8 Å². The molecule has 0 radical (unpaired) electrons. The zero-order valence-corrected chi connectivity index (χ0v) is 13.4. The number of nitrogens with zero attached hydrogens (tertiary/aromatic N) is 1. The topological polar surface area (TPSA) is 63.7 Å². The predicted molar refractivity (Wildman–Crippen MR) is 80.1 cm³/mol. The Morgan fingerprint density at radius 1 is 1.24 bits per heavy atom. The number of sulfonamides is 1. The first-order valence-corrected chi connectivity index (χ1v) is 8.48. The lowest BCUT2D eigenvalue weighted by Crippen LogP contribution is -2.44. The van der Waals surface area contributed by atoms with Gasteiger partial charge in [0.15, 0.2) is 0 Å². The van der Waals surface area contributed by atoms with E-state index in [1.165, 1.54) is 4.31 Å². The number of rotatable bonds is 4. The molecule has 0 aromatic heterocycles. The minimum absolute atomic E-state index is 0.289. The number of hydrogen-bond donors (Lipinski definition) is 0. The van der Waals surface area contributed by atoms with Crippen molar-refractivity contribution in [3.05, 3.63) is 23.3 Å². The standard InChI is InChI=1S/C15H21NO4S/c1-11-8-14(20-3)9-12(2)15(11)21(18,19)16-7-5-4-6-13(16)10-17/h8-10,13H,4-7H2,1-3H3. The summed E-state index contributed by atoms with van der Waals surface area (Å²) in [6.45, 7) is 3.90. The van der Waals surface area contributed by atoms with Crippen LogP contribution in [0.3, 0.4) is 0 Å². The number of carbonyl (C=O) groups is 1. The maximum atomic E-state index is 12.9.